The first kappa shape index (κ1) is 16.0. The van der Waals surface area contributed by atoms with Crippen molar-refractivity contribution >= 4 is 28.6 Å². The largest absolute Gasteiger partial charge is 0.573 e. The summed E-state index contributed by atoms with van der Waals surface area (Å²) in [5.74, 6) is -0.986. The molecule has 9 heteroatoms. The minimum absolute atomic E-state index is 0.0665. The van der Waals surface area contributed by atoms with Crippen molar-refractivity contribution in [2.24, 2.45) is 5.73 Å². The van der Waals surface area contributed by atoms with E-state index in [2.05, 4.69) is 14.5 Å². The quantitative estimate of drug-likeness (QED) is 0.627. The van der Waals surface area contributed by atoms with E-state index in [0.29, 0.717) is 0 Å². The highest BCUT2D eigenvalue weighted by atomic mass is 127. The average Bonchev–Trinajstić information content (AvgIpc) is 2.30. The molecule has 5 nitrogen and oxygen atoms in total. The van der Waals surface area contributed by atoms with Crippen molar-refractivity contribution in [3.05, 3.63) is 21.0 Å². The third kappa shape index (κ3) is 4.82. The first-order valence-corrected chi connectivity index (χ1v) is 6.05. The summed E-state index contributed by atoms with van der Waals surface area (Å²) >= 11 is 1.66. The second kappa shape index (κ2) is 6.37. The predicted molar refractivity (Wildman–Crippen MR) is 67.2 cm³/mol. The number of ether oxygens (including phenoxy) is 2. The Morgan fingerprint density at radius 1 is 1.53 bits per heavy atom. The molecule has 1 aromatic rings. The number of aromatic nitrogens is 1. The zero-order valence-electron chi connectivity index (χ0n) is 9.75. The van der Waals surface area contributed by atoms with Crippen LogP contribution in [0, 0.1) is 3.57 Å². The molecular weight excluding hydrogens is 380 g/mol. The van der Waals surface area contributed by atoms with Gasteiger partial charge in [-0.1, -0.05) is 0 Å². The Morgan fingerprint density at radius 2 is 2.16 bits per heavy atom. The van der Waals surface area contributed by atoms with Crippen molar-refractivity contribution in [2.45, 2.75) is 19.3 Å². The van der Waals surface area contributed by atoms with Crippen LogP contribution in [0.1, 0.15) is 11.4 Å². The van der Waals surface area contributed by atoms with Crippen LogP contribution < -0.4 is 10.5 Å². The fourth-order valence-electron chi connectivity index (χ4n) is 1.28. The topological polar surface area (TPSA) is 74.4 Å². The van der Waals surface area contributed by atoms with Crippen LogP contribution >= 0.6 is 22.6 Å². The lowest BCUT2D eigenvalue weighted by molar-refractivity contribution is -0.275. The average molecular weight is 390 g/mol. The summed E-state index contributed by atoms with van der Waals surface area (Å²) in [7, 11) is 1.21. The molecule has 0 atom stereocenters. The van der Waals surface area contributed by atoms with E-state index >= 15 is 0 Å². The number of rotatable bonds is 4. The number of hydrogen-bond donors (Lipinski definition) is 1. The van der Waals surface area contributed by atoms with Crippen LogP contribution in [0.5, 0.6) is 5.75 Å². The lowest BCUT2D eigenvalue weighted by Crippen LogP contribution is -2.21. The fourth-order valence-corrected chi connectivity index (χ4v) is 2.06. The van der Waals surface area contributed by atoms with E-state index in [1.54, 1.807) is 22.6 Å². The molecule has 106 valence electrons. The molecule has 0 aliphatic heterocycles. The van der Waals surface area contributed by atoms with Gasteiger partial charge in [-0.05, 0) is 28.7 Å². The normalized spacial score (nSPS) is 11.3. The van der Waals surface area contributed by atoms with Gasteiger partial charge in [0.15, 0.2) is 5.75 Å². The maximum Gasteiger partial charge on any atom is 0.573 e. The molecule has 0 aliphatic rings. The van der Waals surface area contributed by atoms with Gasteiger partial charge >= 0.3 is 12.3 Å². The number of carbonyl (C=O) groups is 1. The number of methoxy groups -OCH3 is 1. The number of esters is 1. The molecule has 0 saturated heterocycles. The molecule has 0 bridgehead atoms. The highest BCUT2D eigenvalue weighted by Crippen LogP contribution is 2.30. The van der Waals surface area contributed by atoms with Crippen LogP contribution in [0.3, 0.4) is 0 Å². The molecule has 0 aromatic carbocycles. The van der Waals surface area contributed by atoms with Gasteiger partial charge in [0, 0.05) is 6.54 Å². The Balaban J connectivity index is 3.11. The minimum atomic E-state index is -4.82. The van der Waals surface area contributed by atoms with E-state index in [4.69, 9.17) is 5.73 Å². The van der Waals surface area contributed by atoms with Crippen molar-refractivity contribution in [1.82, 2.24) is 4.98 Å². The van der Waals surface area contributed by atoms with Crippen LogP contribution in [-0.4, -0.2) is 24.4 Å². The molecule has 0 spiro atoms. The summed E-state index contributed by atoms with van der Waals surface area (Å²) in [6, 6.07) is 1.32. The maximum absolute atomic E-state index is 12.2. The number of carbonyl (C=O) groups excluding carboxylic acids is 1. The predicted octanol–water partition coefficient (Wildman–Crippen LogP) is 1.76. The molecule has 0 unspecified atom stereocenters. The fraction of sp³-hybridized carbons (Fsp3) is 0.400. The van der Waals surface area contributed by atoms with E-state index in [1.165, 1.54) is 13.2 Å². The van der Waals surface area contributed by atoms with Crippen molar-refractivity contribution < 1.29 is 27.4 Å². The summed E-state index contributed by atoms with van der Waals surface area (Å²) in [4.78, 5) is 15.0. The zero-order valence-corrected chi connectivity index (χ0v) is 11.9. The summed E-state index contributed by atoms with van der Waals surface area (Å²) in [5, 5.41) is 0. The van der Waals surface area contributed by atoms with Crippen LogP contribution in [0.25, 0.3) is 0 Å². The molecule has 1 aromatic heterocycles. The van der Waals surface area contributed by atoms with E-state index in [-0.39, 0.29) is 27.9 Å². The number of hydrogen-bond acceptors (Lipinski definition) is 5. The molecular formula is C10H10F3IN2O3. The Bertz CT molecular complexity index is 480. The number of halogens is 4. The Labute approximate surface area is 120 Å². The van der Waals surface area contributed by atoms with Crippen molar-refractivity contribution in [2.75, 3.05) is 7.11 Å². The van der Waals surface area contributed by atoms with E-state index < -0.39 is 18.1 Å². The summed E-state index contributed by atoms with van der Waals surface area (Å²) < 4.78 is 45.2. The van der Waals surface area contributed by atoms with Gasteiger partial charge in [0.2, 0.25) is 0 Å². The lowest BCUT2D eigenvalue weighted by atomic mass is 10.2. The van der Waals surface area contributed by atoms with Crippen LogP contribution in [0.15, 0.2) is 6.07 Å². The molecule has 0 radical (unpaired) electrons. The lowest BCUT2D eigenvalue weighted by Gasteiger charge is -2.14. The smallest absolute Gasteiger partial charge is 0.469 e. The highest BCUT2D eigenvalue weighted by Gasteiger charge is 2.33. The van der Waals surface area contributed by atoms with Gasteiger partial charge in [0.25, 0.3) is 0 Å². The minimum Gasteiger partial charge on any atom is -0.469 e. The highest BCUT2D eigenvalue weighted by molar-refractivity contribution is 14.1. The van der Waals surface area contributed by atoms with E-state index in [9.17, 15) is 18.0 Å². The van der Waals surface area contributed by atoms with Gasteiger partial charge < -0.3 is 15.2 Å². The number of nitrogens with zero attached hydrogens (tertiary/aromatic N) is 1. The summed E-state index contributed by atoms with van der Waals surface area (Å²) in [5.41, 5.74) is 5.54. The molecule has 0 aliphatic carbocycles. The second-order valence-corrected chi connectivity index (χ2v) is 4.54. The first-order valence-electron chi connectivity index (χ1n) is 4.97. The van der Waals surface area contributed by atoms with Crippen molar-refractivity contribution in [3.63, 3.8) is 0 Å². The Hall–Kier alpha value is -1.10. The molecule has 0 fully saturated rings. The standard InChI is InChI=1S/C10H10F3IN2O3/c1-18-8(17)3-5-2-6(14)9(7(4-15)16-5)19-10(11,12)13/h2H,3-4,15H2,1H3. The van der Waals surface area contributed by atoms with E-state index in [1.807, 2.05) is 0 Å². The van der Waals surface area contributed by atoms with Gasteiger partial charge in [-0.25, -0.2) is 0 Å². The molecule has 1 rings (SSSR count). The van der Waals surface area contributed by atoms with Gasteiger partial charge in [0.1, 0.15) is 0 Å². The Kier molecular flexibility index (Phi) is 5.35. The SMILES string of the molecule is COC(=O)Cc1cc(I)c(OC(F)(F)F)c(CN)n1. The number of pyridine rings is 1. The molecule has 1 heterocycles. The Morgan fingerprint density at radius 3 is 2.63 bits per heavy atom. The van der Waals surface area contributed by atoms with Gasteiger partial charge in [-0.2, -0.15) is 0 Å². The summed E-state index contributed by atoms with van der Waals surface area (Å²) in [6.45, 7) is -0.240. The van der Waals surface area contributed by atoms with Gasteiger partial charge in [-0.3, -0.25) is 9.78 Å². The monoisotopic (exact) mass is 390 g/mol. The maximum atomic E-state index is 12.2. The second-order valence-electron chi connectivity index (χ2n) is 3.38. The zero-order chi connectivity index (χ0) is 14.6. The van der Waals surface area contributed by atoms with Crippen LogP contribution in [0.4, 0.5) is 13.2 Å². The van der Waals surface area contributed by atoms with Gasteiger partial charge in [-0.15, -0.1) is 13.2 Å². The van der Waals surface area contributed by atoms with Gasteiger partial charge in [0.05, 0.1) is 28.5 Å². The van der Waals surface area contributed by atoms with Crippen molar-refractivity contribution in [1.29, 1.82) is 0 Å². The first-order chi connectivity index (χ1) is 8.76. The third-order valence-electron chi connectivity index (χ3n) is 2.02. The van der Waals surface area contributed by atoms with Crippen LogP contribution in [-0.2, 0) is 22.5 Å². The van der Waals surface area contributed by atoms with Crippen LogP contribution in [0.2, 0.25) is 0 Å². The number of alkyl halides is 3. The third-order valence-corrected chi connectivity index (χ3v) is 2.82. The molecule has 0 saturated carbocycles. The van der Waals surface area contributed by atoms with E-state index in [0.717, 1.165) is 0 Å². The molecule has 19 heavy (non-hydrogen) atoms. The number of nitrogens with two attached hydrogens (primary N) is 1. The summed E-state index contributed by atoms with van der Waals surface area (Å²) in [6.07, 6.45) is -4.97. The molecule has 0 amide bonds. The van der Waals surface area contributed by atoms with Crippen molar-refractivity contribution in [3.8, 4) is 5.75 Å². The molecule has 2 N–H and O–H groups in total.